The Morgan fingerprint density at radius 1 is 1.44 bits per heavy atom. The quantitative estimate of drug-likeness (QED) is 0.493. The number of halogens is 2. The van der Waals surface area contributed by atoms with Crippen molar-refractivity contribution in [3.63, 3.8) is 0 Å². The van der Waals surface area contributed by atoms with E-state index in [4.69, 9.17) is 32.7 Å². The SMILES string of the molecule is O=COc1cc(Cl)cc(O)c1OCC1OC1CCl. The first-order chi connectivity index (χ1) is 8.65. The molecule has 18 heavy (non-hydrogen) atoms. The normalized spacial score (nSPS) is 21.4. The maximum Gasteiger partial charge on any atom is 0.298 e. The molecule has 0 bridgehead atoms. The predicted molar refractivity (Wildman–Crippen MR) is 64.7 cm³/mol. The molecule has 0 saturated carbocycles. The molecule has 2 unspecified atom stereocenters. The molecular weight excluding hydrogens is 283 g/mol. The van der Waals surface area contributed by atoms with E-state index >= 15 is 0 Å². The van der Waals surface area contributed by atoms with Crippen LogP contribution in [0.15, 0.2) is 12.1 Å². The lowest BCUT2D eigenvalue weighted by atomic mass is 10.3. The Kier molecular flexibility index (Phi) is 4.16. The maximum absolute atomic E-state index is 10.4. The highest BCUT2D eigenvalue weighted by Gasteiger charge is 2.38. The second kappa shape index (κ2) is 5.65. The van der Waals surface area contributed by atoms with Crippen molar-refractivity contribution in [1.29, 1.82) is 0 Å². The summed E-state index contributed by atoms with van der Waals surface area (Å²) in [6.07, 6.45) is -0.141. The first-order valence-corrected chi connectivity index (χ1v) is 6.04. The lowest BCUT2D eigenvalue weighted by Gasteiger charge is -2.11. The minimum absolute atomic E-state index is 0.0310. The van der Waals surface area contributed by atoms with Crippen LogP contribution in [0.5, 0.6) is 17.2 Å². The van der Waals surface area contributed by atoms with Gasteiger partial charge in [0.05, 0.1) is 5.88 Å². The molecule has 2 rings (SSSR count). The van der Waals surface area contributed by atoms with Crippen molar-refractivity contribution < 1.29 is 24.1 Å². The zero-order chi connectivity index (χ0) is 13.1. The van der Waals surface area contributed by atoms with Crippen molar-refractivity contribution in [2.45, 2.75) is 12.2 Å². The third-order valence-corrected chi connectivity index (χ3v) is 2.93. The minimum Gasteiger partial charge on any atom is -0.504 e. The van der Waals surface area contributed by atoms with Gasteiger partial charge in [0.2, 0.25) is 5.75 Å². The van der Waals surface area contributed by atoms with Gasteiger partial charge in [-0.15, -0.1) is 11.6 Å². The first-order valence-electron chi connectivity index (χ1n) is 5.12. The summed E-state index contributed by atoms with van der Waals surface area (Å²) in [5.41, 5.74) is 0. The molecule has 1 aliphatic heterocycles. The van der Waals surface area contributed by atoms with Crippen LogP contribution in [0.1, 0.15) is 0 Å². The number of alkyl halides is 1. The molecule has 1 N–H and O–H groups in total. The van der Waals surface area contributed by atoms with Crippen LogP contribution in [0.2, 0.25) is 5.02 Å². The van der Waals surface area contributed by atoms with Crippen molar-refractivity contribution in [1.82, 2.24) is 0 Å². The van der Waals surface area contributed by atoms with Gasteiger partial charge < -0.3 is 19.3 Å². The number of benzene rings is 1. The van der Waals surface area contributed by atoms with Gasteiger partial charge in [0.25, 0.3) is 6.47 Å². The van der Waals surface area contributed by atoms with E-state index in [2.05, 4.69) is 4.74 Å². The Morgan fingerprint density at radius 2 is 2.22 bits per heavy atom. The van der Waals surface area contributed by atoms with Crippen LogP contribution >= 0.6 is 23.2 Å². The lowest BCUT2D eigenvalue weighted by molar-refractivity contribution is -0.120. The van der Waals surface area contributed by atoms with Crippen LogP contribution < -0.4 is 9.47 Å². The van der Waals surface area contributed by atoms with E-state index in [0.29, 0.717) is 5.88 Å². The molecule has 7 heteroatoms. The largest absolute Gasteiger partial charge is 0.504 e. The maximum atomic E-state index is 10.4. The molecule has 1 saturated heterocycles. The number of carbonyl (C=O) groups excluding carboxylic acids is 1. The molecule has 1 aromatic rings. The summed E-state index contributed by atoms with van der Waals surface area (Å²) in [6.45, 7) is 0.439. The second-order valence-corrected chi connectivity index (χ2v) is 4.39. The highest BCUT2D eigenvalue weighted by molar-refractivity contribution is 6.31. The highest BCUT2D eigenvalue weighted by atomic mass is 35.5. The monoisotopic (exact) mass is 292 g/mol. The fourth-order valence-corrected chi connectivity index (χ4v) is 1.94. The van der Waals surface area contributed by atoms with Crippen molar-refractivity contribution in [3.8, 4) is 17.2 Å². The molecule has 0 spiro atoms. The van der Waals surface area contributed by atoms with E-state index < -0.39 is 0 Å². The molecule has 1 aromatic carbocycles. The molecule has 98 valence electrons. The summed E-state index contributed by atoms with van der Waals surface area (Å²) < 4.78 is 15.2. The summed E-state index contributed by atoms with van der Waals surface area (Å²) in [5, 5.41) is 9.92. The van der Waals surface area contributed by atoms with E-state index in [-0.39, 0.29) is 47.6 Å². The summed E-state index contributed by atoms with van der Waals surface area (Å²) >= 11 is 11.3. The summed E-state index contributed by atoms with van der Waals surface area (Å²) in [5.74, 6) is 0.286. The van der Waals surface area contributed by atoms with Crippen LogP contribution in [0.25, 0.3) is 0 Å². The number of phenols is 1. The lowest BCUT2D eigenvalue weighted by Crippen LogP contribution is -2.09. The Morgan fingerprint density at radius 3 is 2.83 bits per heavy atom. The van der Waals surface area contributed by atoms with Gasteiger partial charge in [0, 0.05) is 17.2 Å². The number of carbonyl (C=O) groups is 1. The molecule has 2 atom stereocenters. The van der Waals surface area contributed by atoms with E-state index in [1.54, 1.807) is 0 Å². The van der Waals surface area contributed by atoms with E-state index in [1.165, 1.54) is 12.1 Å². The fourth-order valence-electron chi connectivity index (χ4n) is 1.47. The molecule has 1 aliphatic rings. The molecule has 0 radical (unpaired) electrons. The second-order valence-electron chi connectivity index (χ2n) is 3.64. The highest BCUT2D eigenvalue weighted by Crippen LogP contribution is 2.40. The van der Waals surface area contributed by atoms with Gasteiger partial charge in [-0.05, 0) is 0 Å². The van der Waals surface area contributed by atoms with Gasteiger partial charge in [0.1, 0.15) is 18.8 Å². The van der Waals surface area contributed by atoms with Crippen LogP contribution in [-0.4, -0.2) is 36.3 Å². The van der Waals surface area contributed by atoms with Crippen LogP contribution in [0, 0.1) is 0 Å². The number of hydrogen-bond donors (Lipinski definition) is 1. The van der Waals surface area contributed by atoms with Gasteiger partial charge in [-0.2, -0.15) is 0 Å². The van der Waals surface area contributed by atoms with Crippen LogP contribution in [0.4, 0.5) is 0 Å². The Hall–Kier alpha value is -1.17. The standard InChI is InChI=1S/C11H10Cl2O5/c12-3-9-10(18-9)4-16-11-7(15)1-6(13)2-8(11)17-5-14/h1-2,5,9-10,15H,3-4H2. The Bertz CT molecular complexity index is 451. The third-order valence-electron chi connectivity index (χ3n) is 2.41. The smallest absolute Gasteiger partial charge is 0.298 e. The molecule has 0 amide bonds. The van der Waals surface area contributed by atoms with Gasteiger partial charge in [-0.25, -0.2) is 0 Å². The van der Waals surface area contributed by atoms with Gasteiger partial charge in [-0.1, -0.05) is 11.6 Å². The van der Waals surface area contributed by atoms with Gasteiger partial charge >= 0.3 is 0 Å². The molecule has 0 aliphatic carbocycles. The van der Waals surface area contributed by atoms with E-state index in [0.717, 1.165) is 0 Å². The van der Waals surface area contributed by atoms with E-state index in [1.807, 2.05) is 0 Å². The van der Waals surface area contributed by atoms with Crippen LogP contribution in [-0.2, 0) is 9.53 Å². The van der Waals surface area contributed by atoms with E-state index in [9.17, 15) is 9.90 Å². The summed E-state index contributed by atoms with van der Waals surface area (Å²) in [4.78, 5) is 10.4. The summed E-state index contributed by atoms with van der Waals surface area (Å²) in [7, 11) is 0. The molecule has 1 fully saturated rings. The minimum atomic E-state index is -0.206. The number of hydrogen-bond acceptors (Lipinski definition) is 5. The zero-order valence-corrected chi connectivity index (χ0v) is 10.6. The molecule has 0 aromatic heterocycles. The molecule has 5 nitrogen and oxygen atoms in total. The van der Waals surface area contributed by atoms with Crippen molar-refractivity contribution >= 4 is 29.7 Å². The fraction of sp³-hybridized carbons (Fsp3) is 0.364. The van der Waals surface area contributed by atoms with Crippen molar-refractivity contribution in [3.05, 3.63) is 17.2 Å². The summed E-state index contributed by atoms with van der Waals surface area (Å²) in [6, 6.07) is 2.67. The zero-order valence-electron chi connectivity index (χ0n) is 9.14. The predicted octanol–water partition coefficient (Wildman–Crippen LogP) is 1.97. The molecule has 1 heterocycles. The number of epoxide rings is 1. The Labute approximate surface area is 113 Å². The first kappa shape index (κ1) is 13.3. The molecular formula is C11H10Cl2O5. The third kappa shape index (κ3) is 2.98. The van der Waals surface area contributed by atoms with Gasteiger partial charge in [-0.3, -0.25) is 4.79 Å². The van der Waals surface area contributed by atoms with Crippen molar-refractivity contribution in [2.75, 3.05) is 12.5 Å². The van der Waals surface area contributed by atoms with Gasteiger partial charge in [0.15, 0.2) is 11.5 Å². The number of ether oxygens (including phenoxy) is 3. The number of rotatable bonds is 6. The average molecular weight is 293 g/mol. The number of phenolic OH excluding ortho intramolecular Hbond substituents is 1. The van der Waals surface area contributed by atoms with Crippen LogP contribution in [0.3, 0.4) is 0 Å². The Balaban J connectivity index is 2.08. The topological polar surface area (TPSA) is 68.3 Å². The number of aromatic hydroxyl groups is 1. The van der Waals surface area contributed by atoms with Crippen molar-refractivity contribution in [2.24, 2.45) is 0 Å². The average Bonchev–Trinajstić information content (AvgIpc) is 3.07.